The highest BCUT2D eigenvalue weighted by atomic mass is 35.5. The van der Waals surface area contributed by atoms with Crippen LogP contribution in [0.25, 0.3) is 11.3 Å². The Morgan fingerprint density at radius 3 is 2.41 bits per heavy atom. The number of rotatable bonds is 13. The number of nitrogens with one attached hydrogen (secondary N) is 1. The molecule has 5 atom stereocenters. The Bertz CT molecular complexity index is 2210. The molecule has 7 rings (SSSR count). The first-order valence-electron chi connectivity index (χ1n) is 22.5. The molecule has 0 amide bonds. The smallest absolute Gasteiger partial charge is 0.136 e. The predicted octanol–water partition coefficient (Wildman–Crippen LogP) is 9.45. The monoisotopic (exact) mass is 897 g/mol. The molecule has 2 aliphatic rings. The minimum atomic E-state index is -0.373. The number of nitrogens with zero attached hydrogens (tertiary/aromatic N) is 6. The highest BCUT2D eigenvalue weighted by Crippen LogP contribution is 2.35. The van der Waals surface area contributed by atoms with Crippen molar-refractivity contribution in [3.05, 3.63) is 136 Å². The van der Waals surface area contributed by atoms with Crippen LogP contribution in [0.5, 0.6) is 11.5 Å². The van der Waals surface area contributed by atoms with E-state index in [1.54, 1.807) is 13.2 Å². The van der Waals surface area contributed by atoms with Crippen LogP contribution in [0.2, 0.25) is 10.0 Å². The molecule has 2 fully saturated rings. The molecule has 1 aromatic heterocycles. The fourth-order valence-electron chi connectivity index (χ4n) is 9.67. The van der Waals surface area contributed by atoms with Gasteiger partial charge in [0.25, 0.3) is 0 Å². The third-order valence-corrected chi connectivity index (χ3v) is 13.7. The average molecular weight is 899 g/mol. The van der Waals surface area contributed by atoms with Crippen molar-refractivity contribution in [3.63, 3.8) is 0 Å². The van der Waals surface area contributed by atoms with Crippen LogP contribution < -0.4 is 10.1 Å². The summed E-state index contributed by atoms with van der Waals surface area (Å²) < 4.78 is 30.8. The van der Waals surface area contributed by atoms with Gasteiger partial charge in [0.1, 0.15) is 23.1 Å². The van der Waals surface area contributed by atoms with Crippen LogP contribution in [0.1, 0.15) is 48.7 Å². The van der Waals surface area contributed by atoms with Crippen molar-refractivity contribution in [2.24, 2.45) is 13.0 Å². The first kappa shape index (κ1) is 47.1. The lowest BCUT2D eigenvalue weighted by Gasteiger charge is -2.50. The predicted molar refractivity (Wildman–Crippen MR) is 256 cm³/mol. The van der Waals surface area contributed by atoms with Crippen LogP contribution in [-0.4, -0.2) is 121 Å². The number of hydrogen-bond donors (Lipinski definition) is 1. The fraction of sp³-hybridized carbons (Fsp3) is 0.471. The number of halogens is 3. The van der Waals surface area contributed by atoms with Gasteiger partial charge in [-0.2, -0.15) is 0 Å². The van der Waals surface area contributed by atoms with Crippen LogP contribution in [0, 0.1) is 11.7 Å². The molecule has 9 nitrogen and oxygen atoms in total. The zero-order chi connectivity index (χ0) is 44.5. The molecule has 1 unspecified atom stereocenters. The zero-order valence-electron chi connectivity index (χ0n) is 38.0. The molecular formula is C51H66Cl2FN7O2. The van der Waals surface area contributed by atoms with Gasteiger partial charge in [0, 0.05) is 85.7 Å². The summed E-state index contributed by atoms with van der Waals surface area (Å²) >= 11 is 12.9. The Balaban J connectivity index is 1.16. The molecule has 0 radical (unpaired) electrons. The molecule has 2 bridgehead atoms. The lowest BCUT2D eigenvalue weighted by atomic mass is 9.80. The number of likely N-dealkylation sites (N-methyl/N-ethyl adjacent to an activating group) is 1. The van der Waals surface area contributed by atoms with E-state index in [1.807, 2.05) is 63.7 Å². The number of ether oxygens (including phenoxy) is 2. The summed E-state index contributed by atoms with van der Waals surface area (Å²) in [5, 5.41) is 4.96. The zero-order valence-corrected chi connectivity index (χ0v) is 39.5. The van der Waals surface area contributed by atoms with Crippen molar-refractivity contribution in [1.82, 2.24) is 34.5 Å². The summed E-state index contributed by atoms with van der Waals surface area (Å²) in [5.74, 6) is 2.03. The number of fused-ring (bicyclic) bond motifs is 2. The molecular weight excluding hydrogens is 833 g/mol. The van der Waals surface area contributed by atoms with Gasteiger partial charge in [0.2, 0.25) is 0 Å². The van der Waals surface area contributed by atoms with E-state index in [1.165, 1.54) is 17.2 Å². The topological polar surface area (TPSA) is 61.3 Å². The molecule has 2 saturated heterocycles. The van der Waals surface area contributed by atoms with E-state index in [2.05, 4.69) is 90.9 Å². The van der Waals surface area contributed by atoms with E-state index in [0.29, 0.717) is 47.7 Å². The van der Waals surface area contributed by atoms with E-state index in [-0.39, 0.29) is 23.4 Å². The number of benzene rings is 4. The van der Waals surface area contributed by atoms with E-state index in [4.69, 9.17) is 32.7 Å². The van der Waals surface area contributed by atoms with Crippen molar-refractivity contribution in [1.29, 1.82) is 0 Å². The maximum Gasteiger partial charge on any atom is 0.136 e. The van der Waals surface area contributed by atoms with Gasteiger partial charge in [-0.1, -0.05) is 65.7 Å². The summed E-state index contributed by atoms with van der Waals surface area (Å²) in [6.07, 6.45) is 7.04. The fourth-order valence-corrected chi connectivity index (χ4v) is 9.99. The third-order valence-electron chi connectivity index (χ3n) is 13.2. The number of methoxy groups -OCH3 is 1. The Kier molecular flexibility index (Phi) is 16.4. The molecule has 338 valence electrons. The van der Waals surface area contributed by atoms with Gasteiger partial charge in [-0.15, -0.1) is 0 Å². The summed E-state index contributed by atoms with van der Waals surface area (Å²) in [6.45, 7) is 9.30. The second-order valence-electron chi connectivity index (χ2n) is 18.3. The summed E-state index contributed by atoms with van der Waals surface area (Å²) in [7, 11) is 10.2. The van der Waals surface area contributed by atoms with Gasteiger partial charge in [-0.05, 0) is 139 Å². The SMILES string of the molecule is COC[C@@H]1CN(C)[C@@]2(Cc3ccc(Cl)cc3)CCCN(C[C@H](Cc3ccccc3)CCN(Cc3c(F)cc(Cl)cc3Oc3ccc(-c4cnc(CN(C)C)n4C)cc3)[C@@H](C)CN1)C2. The Hall–Kier alpha value is -3.84. The minimum absolute atomic E-state index is 0.0460. The largest absolute Gasteiger partial charge is 0.457 e. The van der Waals surface area contributed by atoms with Crippen molar-refractivity contribution in [2.75, 3.05) is 74.1 Å². The van der Waals surface area contributed by atoms with Gasteiger partial charge < -0.3 is 29.2 Å². The number of hydrogen-bond acceptors (Lipinski definition) is 8. The highest BCUT2D eigenvalue weighted by Gasteiger charge is 2.40. The van der Waals surface area contributed by atoms with Gasteiger partial charge >= 0.3 is 0 Å². The van der Waals surface area contributed by atoms with Crippen molar-refractivity contribution in [2.45, 2.75) is 69.7 Å². The van der Waals surface area contributed by atoms with E-state index in [9.17, 15) is 0 Å². The van der Waals surface area contributed by atoms with Crippen molar-refractivity contribution >= 4 is 23.2 Å². The summed E-state index contributed by atoms with van der Waals surface area (Å²) in [5.41, 5.74) is 5.13. The molecule has 0 spiro atoms. The average Bonchev–Trinajstić information content (AvgIpc) is 3.61. The molecule has 1 N–H and O–H groups in total. The summed E-state index contributed by atoms with van der Waals surface area (Å²) in [4.78, 5) is 14.5. The first-order chi connectivity index (χ1) is 30.4. The number of aromatic nitrogens is 2. The first-order valence-corrected chi connectivity index (χ1v) is 23.2. The minimum Gasteiger partial charge on any atom is -0.457 e. The van der Waals surface area contributed by atoms with Crippen molar-refractivity contribution in [3.8, 4) is 22.8 Å². The van der Waals surface area contributed by atoms with E-state index in [0.717, 1.165) is 93.5 Å². The van der Waals surface area contributed by atoms with Crippen LogP contribution in [0.3, 0.4) is 0 Å². The van der Waals surface area contributed by atoms with Crippen LogP contribution >= 0.6 is 23.2 Å². The molecule has 12 heteroatoms. The Morgan fingerprint density at radius 1 is 0.921 bits per heavy atom. The number of imidazole rings is 1. The lowest BCUT2D eigenvalue weighted by molar-refractivity contribution is 0.00660. The molecule has 0 saturated carbocycles. The van der Waals surface area contributed by atoms with Gasteiger partial charge in [0.05, 0.1) is 25.0 Å². The maximum absolute atomic E-state index is 16.3. The molecule has 4 aromatic carbocycles. The second kappa shape index (κ2) is 21.9. The summed E-state index contributed by atoms with van der Waals surface area (Å²) in [6, 6.07) is 30.5. The molecule has 63 heavy (non-hydrogen) atoms. The maximum atomic E-state index is 16.3. The highest BCUT2D eigenvalue weighted by molar-refractivity contribution is 6.31. The van der Waals surface area contributed by atoms with E-state index >= 15 is 4.39 Å². The van der Waals surface area contributed by atoms with Crippen LogP contribution in [0.4, 0.5) is 4.39 Å². The lowest BCUT2D eigenvalue weighted by Crippen LogP contribution is -2.62. The van der Waals surface area contributed by atoms with Crippen LogP contribution in [-0.2, 0) is 37.7 Å². The Labute approximate surface area is 385 Å². The van der Waals surface area contributed by atoms with Gasteiger partial charge in [0.15, 0.2) is 0 Å². The third kappa shape index (κ3) is 12.5. The quantitative estimate of drug-likeness (QED) is 0.126. The normalized spacial score (nSPS) is 23.1. The molecule has 5 aromatic rings. The number of piperidine rings is 1. The van der Waals surface area contributed by atoms with Gasteiger partial charge in [-0.3, -0.25) is 9.80 Å². The van der Waals surface area contributed by atoms with Gasteiger partial charge in [-0.25, -0.2) is 9.37 Å². The molecule has 0 aliphatic carbocycles. The Morgan fingerprint density at radius 2 is 1.68 bits per heavy atom. The van der Waals surface area contributed by atoms with Crippen molar-refractivity contribution < 1.29 is 13.9 Å². The standard InChI is InChI=1S/C51H66Cl2FN7O2/c1-37-29-55-44(35-62-6)32-58(4)51(28-39-13-17-42(52)18-14-39)22-10-23-60(36-51)31-40(25-38-11-8-7-9-12-38)21-24-61(37)33-46-47(54)26-43(53)27-49(46)63-45-19-15-41(16-20-45)48-30-56-50(59(48)5)34-57(2)3/h7-9,11-20,26-27,30,37,40,44,55H,10,21-25,28-29,31-36H2,1-6H3/t37-,40-,44-,51+/m0/s1. The molecule has 2 aliphatic heterocycles. The second-order valence-corrected chi connectivity index (χ2v) is 19.2. The molecule has 3 heterocycles. The van der Waals surface area contributed by atoms with Crippen LogP contribution in [0.15, 0.2) is 97.2 Å². The van der Waals surface area contributed by atoms with E-state index < -0.39 is 0 Å².